The average Bonchev–Trinajstić information content (AvgIpc) is 3.33. The van der Waals surface area contributed by atoms with Crippen LogP contribution in [0.1, 0.15) is 35.4 Å². The first-order chi connectivity index (χ1) is 15.4. The molecule has 2 aromatic carbocycles. The highest BCUT2D eigenvalue weighted by Crippen LogP contribution is 2.52. The van der Waals surface area contributed by atoms with E-state index in [2.05, 4.69) is 17.0 Å². The summed E-state index contributed by atoms with van der Waals surface area (Å²) in [6, 6.07) is 14.6. The first-order valence-corrected chi connectivity index (χ1v) is 13.0. The Labute approximate surface area is 188 Å². The zero-order valence-electron chi connectivity index (χ0n) is 18.0. The lowest BCUT2D eigenvalue weighted by Gasteiger charge is -2.40. The van der Waals surface area contributed by atoms with Crippen LogP contribution in [0.15, 0.2) is 42.5 Å². The van der Waals surface area contributed by atoms with E-state index in [1.54, 1.807) is 0 Å². The standard InChI is InChI=1S/C24H27NO6S/c1-32(26,27)31-24-9-18-19-12-25(11-16-7-21-22(8-17(16)19)30-14-29-21)20(18)10-23(24)28-13-15-5-3-2-4-6-15/h2-8,18-20,23-24H,9-14H2,1H3/t18-,19-,20-,23-,24+/m0/s1. The normalized spacial score (nSPS) is 32.4. The van der Waals surface area contributed by atoms with Gasteiger partial charge in [-0.1, -0.05) is 30.3 Å². The van der Waals surface area contributed by atoms with Crippen LogP contribution in [0.3, 0.4) is 0 Å². The van der Waals surface area contributed by atoms with E-state index in [0.717, 1.165) is 42.8 Å². The number of hydrogen-bond acceptors (Lipinski definition) is 7. The average molecular weight is 458 g/mol. The molecule has 1 unspecified atom stereocenters. The predicted molar refractivity (Wildman–Crippen MR) is 117 cm³/mol. The second-order valence-electron chi connectivity index (χ2n) is 9.32. The van der Waals surface area contributed by atoms with Gasteiger partial charge < -0.3 is 14.2 Å². The molecule has 0 aromatic heterocycles. The van der Waals surface area contributed by atoms with Gasteiger partial charge in [0.05, 0.1) is 19.0 Å². The van der Waals surface area contributed by atoms with Crippen molar-refractivity contribution in [2.45, 2.75) is 50.2 Å². The minimum Gasteiger partial charge on any atom is -0.454 e. The highest BCUT2D eigenvalue weighted by Gasteiger charge is 2.52. The zero-order chi connectivity index (χ0) is 21.9. The molecule has 4 aliphatic rings. The third-order valence-corrected chi connectivity index (χ3v) is 7.91. The molecule has 1 saturated carbocycles. The van der Waals surface area contributed by atoms with Crippen molar-refractivity contribution in [3.8, 4) is 11.5 Å². The van der Waals surface area contributed by atoms with Gasteiger partial charge in [-0.15, -0.1) is 0 Å². The molecule has 6 rings (SSSR count). The van der Waals surface area contributed by atoms with Crippen LogP contribution in [0.4, 0.5) is 0 Å². The molecule has 32 heavy (non-hydrogen) atoms. The summed E-state index contributed by atoms with van der Waals surface area (Å²) in [7, 11) is -3.59. The van der Waals surface area contributed by atoms with Crippen molar-refractivity contribution in [1.29, 1.82) is 0 Å². The Morgan fingerprint density at radius 2 is 1.84 bits per heavy atom. The van der Waals surface area contributed by atoms with Crippen LogP contribution < -0.4 is 9.47 Å². The Morgan fingerprint density at radius 3 is 2.62 bits per heavy atom. The van der Waals surface area contributed by atoms with Crippen LogP contribution in [-0.2, 0) is 32.2 Å². The number of nitrogens with zero attached hydrogens (tertiary/aromatic N) is 1. The maximum Gasteiger partial charge on any atom is 0.264 e. The van der Waals surface area contributed by atoms with Gasteiger partial charge in [0.1, 0.15) is 6.10 Å². The summed E-state index contributed by atoms with van der Waals surface area (Å²) in [4.78, 5) is 2.52. The Balaban J connectivity index is 1.27. The van der Waals surface area contributed by atoms with Crippen LogP contribution in [0.25, 0.3) is 0 Å². The van der Waals surface area contributed by atoms with E-state index in [0.29, 0.717) is 30.9 Å². The molecular formula is C24H27NO6S. The van der Waals surface area contributed by atoms with Gasteiger partial charge in [-0.05, 0) is 47.6 Å². The fraction of sp³-hybridized carbons (Fsp3) is 0.500. The van der Waals surface area contributed by atoms with E-state index >= 15 is 0 Å². The SMILES string of the molecule is CS(=O)(=O)O[C@@H]1C[C@H]2[C@H]3CN(Cc4cc5c(cc43)OCO5)[C@H]2C[C@@H]1OCc1ccccc1. The molecule has 2 bridgehead atoms. The molecule has 6 atom stereocenters. The van der Waals surface area contributed by atoms with Gasteiger partial charge in [-0.25, -0.2) is 0 Å². The fourth-order valence-electron chi connectivity index (χ4n) is 6.01. The molecule has 1 saturated heterocycles. The largest absolute Gasteiger partial charge is 0.454 e. The summed E-state index contributed by atoms with van der Waals surface area (Å²) < 4.78 is 47.2. The van der Waals surface area contributed by atoms with Gasteiger partial charge >= 0.3 is 0 Å². The first-order valence-electron chi connectivity index (χ1n) is 11.1. The Bertz CT molecular complexity index is 1120. The minimum absolute atomic E-state index is 0.267. The summed E-state index contributed by atoms with van der Waals surface area (Å²) in [6.45, 7) is 2.55. The first kappa shape index (κ1) is 20.5. The third-order valence-electron chi connectivity index (χ3n) is 7.32. The number of rotatable bonds is 5. The van der Waals surface area contributed by atoms with Gasteiger partial charge in [0.15, 0.2) is 11.5 Å². The molecule has 0 N–H and O–H groups in total. The molecule has 0 amide bonds. The Morgan fingerprint density at radius 1 is 1.06 bits per heavy atom. The highest BCUT2D eigenvalue weighted by atomic mass is 32.2. The van der Waals surface area contributed by atoms with Crippen molar-refractivity contribution in [3.05, 3.63) is 59.2 Å². The van der Waals surface area contributed by atoms with Crippen LogP contribution in [0.5, 0.6) is 11.5 Å². The second-order valence-corrected chi connectivity index (χ2v) is 10.9. The zero-order valence-corrected chi connectivity index (χ0v) is 18.8. The molecule has 3 aliphatic heterocycles. The van der Waals surface area contributed by atoms with E-state index < -0.39 is 16.2 Å². The van der Waals surface area contributed by atoms with E-state index in [1.165, 1.54) is 11.1 Å². The molecule has 2 aromatic rings. The van der Waals surface area contributed by atoms with Crippen LogP contribution in [0, 0.1) is 5.92 Å². The lowest BCUT2D eigenvalue weighted by molar-refractivity contribution is -0.0789. The molecule has 0 spiro atoms. The van der Waals surface area contributed by atoms with E-state index in [4.69, 9.17) is 18.4 Å². The van der Waals surface area contributed by atoms with Crippen molar-refractivity contribution >= 4 is 10.1 Å². The quantitative estimate of drug-likeness (QED) is 0.639. The van der Waals surface area contributed by atoms with E-state index in [1.807, 2.05) is 30.3 Å². The Kier molecular flexibility index (Phi) is 4.94. The molecule has 1 aliphatic carbocycles. The van der Waals surface area contributed by atoms with E-state index in [-0.39, 0.29) is 12.9 Å². The predicted octanol–water partition coefficient (Wildman–Crippen LogP) is 3.04. The molecule has 3 heterocycles. The number of ether oxygens (including phenoxy) is 3. The van der Waals surface area contributed by atoms with Gasteiger partial charge in [0.2, 0.25) is 6.79 Å². The minimum atomic E-state index is -3.59. The van der Waals surface area contributed by atoms with Crippen molar-refractivity contribution < 1.29 is 26.8 Å². The summed E-state index contributed by atoms with van der Waals surface area (Å²) in [6.07, 6.45) is 1.79. The van der Waals surface area contributed by atoms with Crippen LogP contribution in [0.2, 0.25) is 0 Å². The maximum absolute atomic E-state index is 12.0. The van der Waals surface area contributed by atoms with Gasteiger partial charge in [0, 0.05) is 25.0 Å². The summed E-state index contributed by atoms with van der Waals surface area (Å²) in [5, 5.41) is 0. The lowest BCUT2D eigenvalue weighted by Crippen LogP contribution is -2.47. The van der Waals surface area contributed by atoms with Crippen molar-refractivity contribution in [2.75, 3.05) is 19.6 Å². The monoisotopic (exact) mass is 457 g/mol. The molecule has 0 radical (unpaired) electrons. The Hall–Kier alpha value is -2.13. The summed E-state index contributed by atoms with van der Waals surface area (Å²) >= 11 is 0. The van der Waals surface area contributed by atoms with Crippen LogP contribution >= 0.6 is 0 Å². The smallest absolute Gasteiger partial charge is 0.264 e. The van der Waals surface area contributed by atoms with Crippen LogP contribution in [-0.4, -0.2) is 51.2 Å². The van der Waals surface area contributed by atoms with Gasteiger partial charge in [-0.2, -0.15) is 8.42 Å². The molecule has 8 heteroatoms. The van der Waals surface area contributed by atoms with E-state index in [9.17, 15) is 8.42 Å². The lowest BCUT2D eigenvalue weighted by atomic mass is 9.74. The van der Waals surface area contributed by atoms with Gasteiger partial charge in [0.25, 0.3) is 10.1 Å². The molecular weight excluding hydrogens is 430 g/mol. The topological polar surface area (TPSA) is 74.3 Å². The molecule has 170 valence electrons. The summed E-state index contributed by atoms with van der Waals surface area (Å²) in [5.41, 5.74) is 3.65. The second kappa shape index (κ2) is 7.73. The molecule has 7 nitrogen and oxygen atoms in total. The maximum atomic E-state index is 12.0. The number of fused-ring (bicyclic) bond motifs is 8. The van der Waals surface area contributed by atoms with Crippen molar-refractivity contribution in [3.63, 3.8) is 0 Å². The fourth-order valence-corrected chi connectivity index (χ4v) is 6.66. The van der Waals surface area contributed by atoms with Crippen molar-refractivity contribution in [1.82, 2.24) is 4.90 Å². The number of benzene rings is 2. The third kappa shape index (κ3) is 3.69. The highest BCUT2D eigenvalue weighted by molar-refractivity contribution is 7.86. The van der Waals surface area contributed by atoms with Crippen molar-refractivity contribution in [2.24, 2.45) is 5.92 Å². The van der Waals surface area contributed by atoms with Gasteiger partial charge in [-0.3, -0.25) is 9.08 Å². The molecule has 2 fully saturated rings. The summed E-state index contributed by atoms with van der Waals surface area (Å²) in [5.74, 6) is 2.28. The number of hydrogen-bond donors (Lipinski definition) is 0.